The van der Waals surface area contributed by atoms with Crippen LogP contribution >= 0.6 is 0 Å². The van der Waals surface area contributed by atoms with Crippen molar-refractivity contribution >= 4 is 17.4 Å². The Kier molecular flexibility index (Phi) is 8.85. The van der Waals surface area contributed by atoms with Gasteiger partial charge in [-0.05, 0) is 0 Å². The third kappa shape index (κ3) is 4.72. The molecule has 0 amide bonds. The van der Waals surface area contributed by atoms with Crippen molar-refractivity contribution in [3.63, 3.8) is 0 Å². The highest BCUT2D eigenvalue weighted by atomic mass is 27.0. The van der Waals surface area contributed by atoms with Crippen LogP contribution in [0.1, 0.15) is 0 Å². The zero-order valence-electron chi connectivity index (χ0n) is 5.96. The fourth-order valence-electron chi connectivity index (χ4n) is 0.472. The summed E-state index contributed by atoms with van der Waals surface area (Å²) in [6.07, 6.45) is -4.29. The summed E-state index contributed by atoms with van der Waals surface area (Å²) >= 11 is 0. The van der Waals surface area contributed by atoms with Gasteiger partial charge in [-0.15, -0.1) is 0 Å². The molecule has 0 aliphatic carbocycles. The van der Waals surface area contributed by atoms with E-state index in [0.717, 1.165) is 0 Å². The van der Waals surface area contributed by atoms with Gasteiger partial charge in [0.15, 0.2) is 0 Å². The molecule has 65 valence electrons. The van der Waals surface area contributed by atoms with Crippen molar-refractivity contribution in [2.45, 2.75) is 18.3 Å². The molecule has 0 aliphatic rings. The normalized spacial score (nSPS) is 18.3. The summed E-state index contributed by atoms with van der Waals surface area (Å²) in [7, 11) is 0. The number of rotatable bonds is 4. The van der Waals surface area contributed by atoms with E-state index in [4.69, 9.17) is 25.5 Å². The fraction of sp³-hybridized carbons (Fsp3) is 1.00. The first-order chi connectivity index (χ1) is 4.63. The average Bonchev–Trinajstić information content (AvgIpc) is 2.00. The van der Waals surface area contributed by atoms with Crippen molar-refractivity contribution in [3.8, 4) is 0 Å². The highest BCUT2D eigenvalue weighted by Crippen LogP contribution is 1.97. The molecule has 0 bridgehead atoms. The predicted octanol–water partition coefficient (Wildman–Crippen LogP) is -3.33. The molecule has 0 aromatic rings. The first-order valence-electron chi connectivity index (χ1n) is 2.89. The maximum atomic E-state index is 8.77. The lowest BCUT2D eigenvalue weighted by Gasteiger charge is -2.19. The zero-order valence-corrected chi connectivity index (χ0v) is 7.11. The highest BCUT2D eigenvalue weighted by Gasteiger charge is 2.22. The fourth-order valence-corrected chi connectivity index (χ4v) is 0.472. The molecule has 5 N–H and O–H groups in total. The summed E-state index contributed by atoms with van der Waals surface area (Å²) in [5.74, 6) is 0. The van der Waals surface area contributed by atoms with Gasteiger partial charge in [-0.25, -0.2) is 0 Å². The van der Waals surface area contributed by atoms with Crippen molar-refractivity contribution in [2.24, 2.45) is 0 Å². The minimum Gasteiger partial charge on any atom is -0.394 e. The maximum Gasteiger partial charge on any atom is 0.110 e. The minimum absolute atomic E-state index is 0. The Bertz CT molecular complexity index is 80.9. The molecule has 0 aromatic carbocycles. The number of hydrogen-bond donors (Lipinski definition) is 5. The molecule has 5 nitrogen and oxygen atoms in total. The Labute approximate surface area is 75.0 Å². The van der Waals surface area contributed by atoms with Gasteiger partial charge in [-0.1, -0.05) is 0 Å². The van der Waals surface area contributed by atoms with Crippen molar-refractivity contribution in [1.82, 2.24) is 0 Å². The summed E-state index contributed by atoms with van der Waals surface area (Å²) in [6, 6.07) is 0. The van der Waals surface area contributed by atoms with Crippen molar-refractivity contribution in [3.05, 3.63) is 0 Å². The zero-order chi connectivity index (χ0) is 8.15. The van der Waals surface area contributed by atoms with E-state index in [2.05, 4.69) is 0 Å². The molecule has 0 rings (SSSR count). The molecule has 0 saturated carbocycles. The van der Waals surface area contributed by atoms with E-state index < -0.39 is 31.5 Å². The van der Waals surface area contributed by atoms with E-state index in [1.54, 1.807) is 0 Å². The lowest BCUT2D eigenvalue weighted by atomic mass is 10.1. The first kappa shape index (κ1) is 13.9. The SMILES string of the molecule is OC[C@@H](O)[C@H](O)[C@@H](O)CO.[Al]. The maximum absolute atomic E-state index is 8.77. The second kappa shape index (κ2) is 7.01. The lowest BCUT2D eigenvalue weighted by molar-refractivity contribution is -0.0900. The minimum atomic E-state index is -1.49. The van der Waals surface area contributed by atoms with E-state index in [-0.39, 0.29) is 17.4 Å². The molecule has 0 spiro atoms. The first-order valence-corrected chi connectivity index (χ1v) is 2.89. The van der Waals surface area contributed by atoms with Crippen LogP contribution in [0.2, 0.25) is 0 Å². The third-order valence-corrected chi connectivity index (χ3v) is 1.16. The van der Waals surface area contributed by atoms with E-state index in [0.29, 0.717) is 0 Å². The topological polar surface area (TPSA) is 101 Å². The van der Waals surface area contributed by atoms with Gasteiger partial charge >= 0.3 is 0 Å². The van der Waals surface area contributed by atoms with Crippen LogP contribution in [0.3, 0.4) is 0 Å². The summed E-state index contributed by atoms with van der Waals surface area (Å²) in [5.41, 5.74) is 0. The molecular formula is C5H12AlO5. The summed E-state index contributed by atoms with van der Waals surface area (Å²) in [5, 5.41) is 42.6. The second-order valence-electron chi connectivity index (χ2n) is 1.99. The van der Waals surface area contributed by atoms with E-state index in [1.165, 1.54) is 0 Å². The quantitative estimate of drug-likeness (QED) is 0.291. The molecular weight excluding hydrogens is 167 g/mol. The molecule has 3 atom stereocenters. The molecule has 0 saturated heterocycles. The number of aliphatic hydroxyl groups is 5. The van der Waals surface area contributed by atoms with Gasteiger partial charge in [-0.2, -0.15) is 0 Å². The summed E-state index contributed by atoms with van der Waals surface area (Å²) < 4.78 is 0. The summed E-state index contributed by atoms with van der Waals surface area (Å²) in [6.45, 7) is -1.28. The van der Waals surface area contributed by atoms with Crippen LogP contribution in [0.15, 0.2) is 0 Å². The van der Waals surface area contributed by atoms with Gasteiger partial charge < -0.3 is 25.5 Å². The monoisotopic (exact) mass is 179 g/mol. The van der Waals surface area contributed by atoms with E-state index >= 15 is 0 Å². The van der Waals surface area contributed by atoms with Crippen LogP contribution in [0, 0.1) is 0 Å². The average molecular weight is 179 g/mol. The number of aliphatic hydroxyl groups excluding tert-OH is 5. The molecule has 0 heterocycles. The molecule has 0 aromatic heterocycles. The third-order valence-electron chi connectivity index (χ3n) is 1.16. The summed E-state index contributed by atoms with van der Waals surface area (Å²) in [4.78, 5) is 0. The Hall–Kier alpha value is 0.332. The van der Waals surface area contributed by atoms with Gasteiger partial charge in [0.25, 0.3) is 0 Å². The predicted molar refractivity (Wildman–Crippen MR) is 37.9 cm³/mol. The smallest absolute Gasteiger partial charge is 0.110 e. The molecule has 0 aliphatic heterocycles. The van der Waals surface area contributed by atoms with Crippen LogP contribution in [0.4, 0.5) is 0 Å². The van der Waals surface area contributed by atoms with Gasteiger partial charge in [0.2, 0.25) is 0 Å². The Morgan fingerprint density at radius 1 is 0.818 bits per heavy atom. The van der Waals surface area contributed by atoms with Crippen molar-refractivity contribution in [2.75, 3.05) is 13.2 Å². The standard InChI is InChI=1S/C5H12O5.Al/c6-1-3(8)5(10)4(9)2-7;/h3-10H,1-2H2;/t3-,4+,5+;. The Morgan fingerprint density at radius 3 is 1.27 bits per heavy atom. The van der Waals surface area contributed by atoms with Gasteiger partial charge in [0.05, 0.1) is 13.2 Å². The van der Waals surface area contributed by atoms with Gasteiger partial charge in [0.1, 0.15) is 18.3 Å². The largest absolute Gasteiger partial charge is 0.394 e. The van der Waals surface area contributed by atoms with E-state index in [1.807, 2.05) is 0 Å². The highest BCUT2D eigenvalue weighted by molar-refractivity contribution is 5.75. The number of hydrogen-bond acceptors (Lipinski definition) is 5. The lowest BCUT2D eigenvalue weighted by Crippen LogP contribution is -2.41. The second-order valence-corrected chi connectivity index (χ2v) is 1.99. The van der Waals surface area contributed by atoms with E-state index in [9.17, 15) is 0 Å². The van der Waals surface area contributed by atoms with Crippen LogP contribution in [0.5, 0.6) is 0 Å². The van der Waals surface area contributed by atoms with Crippen LogP contribution in [-0.4, -0.2) is 74.4 Å². The Morgan fingerprint density at radius 2 is 1.09 bits per heavy atom. The Balaban J connectivity index is 0. The van der Waals surface area contributed by atoms with Crippen LogP contribution in [0.25, 0.3) is 0 Å². The van der Waals surface area contributed by atoms with Crippen LogP contribution in [-0.2, 0) is 0 Å². The van der Waals surface area contributed by atoms with Crippen molar-refractivity contribution in [1.29, 1.82) is 0 Å². The van der Waals surface area contributed by atoms with Crippen LogP contribution < -0.4 is 0 Å². The molecule has 11 heavy (non-hydrogen) atoms. The molecule has 6 heteroatoms. The molecule has 0 unspecified atom stereocenters. The molecule has 3 radical (unpaired) electrons. The van der Waals surface area contributed by atoms with Gasteiger partial charge in [0, 0.05) is 17.4 Å². The molecule has 0 fully saturated rings. The van der Waals surface area contributed by atoms with Gasteiger partial charge in [-0.3, -0.25) is 0 Å². The van der Waals surface area contributed by atoms with Crippen molar-refractivity contribution < 1.29 is 25.5 Å².